The van der Waals surface area contributed by atoms with E-state index in [1.165, 1.54) is 4.70 Å². The van der Waals surface area contributed by atoms with Crippen LogP contribution >= 0.6 is 11.3 Å². The van der Waals surface area contributed by atoms with Crippen molar-refractivity contribution in [1.82, 2.24) is 15.0 Å². The Balaban J connectivity index is 1.52. The molecule has 0 atom stereocenters. The zero-order chi connectivity index (χ0) is 20.6. The van der Waals surface area contributed by atoms with E-state index in [4.69, 9.17) is 15.0 Å². The molecule has 0 spiro atoms. The van der Waals surface area contributed by atoms with Gasteiger partial charge in [-0.1, -0.05) is 78.9 Å². The monoisotopic (exact) mass is 415 g/mol. The first-order valence-electron chi connectivity index (χ1n) is 10.1. The molecule has 0 aliphatic carbocycles. The second-order valence-corrected chi connectivity index (χ2v) is 8.38. The molecule has 0 saturated heterocycles. The molecular weight excluding hydrogens is 398 g/mol. The summed E-state index contributed by atoms with van der Waals surface area (Å²) in [5.74, 6) is 0.723. The molecule has 0 aliphatic heterocycles. The zero-order valence-corrected chi connectivity index (χ0v) is 17.4. The maximum Gasteiger partial charge on any atom is 0.160 e. The van der Waals surface area contributed by atoms with Crippen LogP contribution in [-0.2, 0) is 0 Å². The first-order valence-corrected chi connectivity index (χ1v) is 11.0. The molecule has 0 aliphatic rings. The van der Waals surface area contributed by atoms with Crippen molar-refractivity contribution in [2.24, 2.45) is 0 Å². The maximum atomic E-state index is 4.99. The predicted octanol–water partition coefficient (Wildman–Crippen LogP) is 7.24. The standard InChI is InChI=1S/C27H17N3S/c1-2-9-18(10-3-1)25-21-13-4-5-14-22(21)28-26(30-25)19-11-8-12-20(17-19)27-29-23-15-6-7-16-24(23)31-27/h1-17H. The number of nitrogens with zero attached hydrogens (tertiary/aromatic N) is 3. The fourth-order valence-corrected chi connectivity index (χ4v) is 4.77. The summed E-state index contributed by atoms with van der Waals surface area (Å²) in [6, 6.07) is 35.1. The van der Waals surface area contributed by atoms with E-state index in [0.29, 0.717) is 0 Å². The number of rotatable bonds is 3. The van der Waals surface area contributed by atoms with E-state index < -0.39 is 0 Å². The summed E-state index contributed by atoms with van der Waals surface area (Å²) >= 11 is 1.70. The number of para-hydroxylation sites is 2. The Morgan fingerprint density at radius 1 is 0.516 bits per heavy atom. The molecule has 0 amide bonds. The van der Waals surface area contributed by atoms with Crippen molar-refractivity contribution in [3.05, 3.63) is 103 Å². The SMILES string of the molecule is c1ccc(-c2nc(-c3cccc(-c4nc5ccccc5s4)c3)nc3ccccc23)cc1. The van der Waals surface area contributed by atoms with E-state index in [9.17, 15) is 0 Å². The molecule has 3 nitrogen and oxygen atoms in total. The zero-order valence-electron chi connectivity index (χ0n) is 16.6. The molecule has 0 fully saturated rings. The Hall–Kier alpha value is -3.89. The van der Waals surface area contributed by atoms with Gasteiger partial charge in [-0.15, -0.1) is 11.3 Å². The highest BCUT2D eigenvalue weighted by Crippen LogP contribution is 2.33. The largest absolute Gasteiger partial charge is 0.236 e. The van der Waals surface area contributed by atoms with Crippen LogP contribution < -0.4 is 0 Å². The van der Waals surface area contributed by atoms with Crippen LogP contribution in [0.1, 0.15) is 0 Å². The van der Waals surface area contributed by atoms with Gasteiger partial charge < -0.3 is 0 Å². The quantitative estimate of drug-likeness (QED) is 0.306. The van der Waals surface area contributed by atoms with Gasteiger partial charge >= 0.3 is 0 Å². The summed E-state index contributed by atoms with van der Waals surface area (Å²) in [4.78, 5) is 14.7. The third-order valence-electron chi connectivity index (χ3n) is 5.31. The van der Waals surface area contributed by atoms with Crippen LogP contribution in [0.4, 0.5) is 0 Å². The molecule has 146 valence electrons. The second kappa shape index (κ2) is 7.42. The summed E-state index contributed by atoms with van der Waals surface area (Å²) in [6.07, 6.45) is 0. The fourth-order valence-electron chi connectivity index (χ4n) is 3.81. The van der Waals surface area contributed by atoms with Crippen LogP contribution in [0.15, 0.2) is 103 Å². The second-order valence-electron chi connectivity index (χ2n) is 7.35. The fraction of sp³-hybridized carbons (Fsp3) is 0. The van der Waals surface area contributed by atoms with Gasteiger partial charge in [0.1, 0.15) is 5.01 Å². The Bertz CT molecular complexity index is 1500. The number of benzene rings is 4. The van der Waals surface area contributed by atoms with E-state index in [-0.39, 0.29) is 0 Å². The highest BCUT2D eigenvalue weighted by atomic mass is 32.1. The van der Waals surface area contributed by atoms with Crippen molar-refractivity contribution in [3.63, 3.8) is 0 Å². The average molecular weight is 416 g/mol. The molecule has 6 aromatic rings. The van der Waals surface area contributed by atoms with Crippen molar-refractivity contribution in [2.75, 3.05) is 0 Å². The van der Waals surface area contributed by atoms with Gasteiger partial charge in [-0.25, -0.2) is 15.0 Å². The summed E-state index contributed by atoms with van der Waals surface area (Å²) in [6.45, 7) is 0. The lowest BCUT2D eigenvalue weighted by Gasteiger charge is -2.10. The summed E-state index contributed by atoms with van der Waals surface area (Å²) < 4.78 is 1.19. The van der Waals surface area contributed by atoms with Crippen molar-refractivity contribution in [2.45, 2.75) is 0 Å². The topological polar surface area (TPSA) is 38.7 Å². The minimum atomic E-state index is 0.723. The highest BCUT2D eigenvalue weighted by Gasteiger charge is 2.13. The van der Waals surface area contributed by atoms with Crippen molar-refractivity contribution >= 4 is 32.5 Å². The molecular formula is C27H17N3S. The third-order valence-corrected chi connectivity index (χ3v) is 6.40. The van der Waals surface area contributed by atoms with Gasteiger partial charge in [-0.2, -0.15) is 0 Å². The number of thiazole rings is 1. The molecule has 0 N–H and O–H groups in total. The van der Waals surface area contributed by atoms with Crippen LogP contribution in [0.5, 0.6) is 0 Å². The van der Waals surface area contributed by atoms with Crippen LogP contribution in [0, 0.1) is 0 Å². The van der Waals surface area contributed by atoms with Crippen LogP contribution in [0.2, 0.25) is 0 Å². The van der Waals surface area contributed by atoms with Crippen molar-refractivity contribution < 1.29 is 0 Å². The van der Waals surface area contributed by atoms with Gasteiger partial charge in [0.25, 0.3) is 0 Å². The van der Waals surface area contributed by atoms with Gasteiger partial charge in [0, 0.05) is 22.1 Å². The van der Waals surface area contributed by atoms with Crippen molar-refractivity contribution in [3.8, 4) is 33.2 Å². The molecule has 0 saturated carbocycles. The lowest BCUT2D eigenvalue weighted by atomic mass is 10.1. The predicted molar refractivity (Wildman–Crippen MR) is 129 cm³/mol. The Labute approximate surface area is 183 Å². The Morgan fingerprint density at radius 3 is 2.10 bits per heavy atom. The Kier molecular flexibility index (Phi) is 4.29. The molecule has 2 heterocycles. The van der Waals surface area contributed by atoms with Gasteiger partial charge in [0.05, 0.1) is 21.4 Å². The number of aromatic nitrogens is 3. The normalized spacial score (nSPS) is 11.2. The maximum absolute atomic E-state index is 4.99. The van der Waals surface area contributed by atoms with E-state index >= 15 is 0 Å². The molecule has 2 aromatic heterocycles. The molecule has 6 rings (SSSR count). The minimum absolute atomic E-state index is 0.723. The minimum Gasteiger partial charge on any atom is -0.236 e. The van der Waals surface area contributed by atoms with Gasteiger partial charge in [-0.05, 0) is 24.3 Å². The van der Waals surface area contributed by atoms with E-state index in [2.05, 4.69) is 60.7 Å². The van der Waals surface area contributed by atoms with E-state index in [0.717, 1.165) is 49.6 Å². The smallest absolute Gasteiger partial charge is 0.160 e. The number of hydrogen-bond donors (Lipinski definition) is 0. The van der Waals surface area contributed by atoms with Crippen molar-refractivity contribution in [1.29, 1.82) is 0 Å². The number of fused-ring (bicyclic) bond motifs is 2. The van der Waals surface area contributed by atoms with Crippen LogP contribution in [0.3, 0.4) is 0 Å². The van der Waals surface area contributed by atoms with Crippen LogP contribution in [-0.4, -0.2) is 15.0 Å². The highest BCUT2D eigenvalue weighted by molar-refractivity contribution is 7.21. The first kappa shape index (κ1) is 17.9. The lowest BCUT2D eigenvalue weighted by Crippen LogP contribution is -1.95. The molecule has 4 heteroatoms. The van der Waals surface area contributed by atoms with E-state index in [1.807, 2.05) is 42.5 Å². The third kappa shape index (κ3) is 3.27. The first-order chi connectivity index (χ1) is 15.3. The molecule has 0 bridgehead atoms. The average Bonchev–Trinajstić information content (AvgIpc) is 3.28. The van der Waals surface area contributed by atoms with E-state index in [1.54, 1.807) is 11.3 Å². The molecule has 31 heavy (non-hydrogen) atoms. The Morgan fingerprint density at radius 2 is 1.23 bits per heavy atom. The molecule has 0 unspecified atom stereocenters. The van der Waals surface area contributed by atoms with Gasteiger partial charge in [0.15, 0.2) is 5.82 Å². The lowest BCUT2D eigenvalue weighted by molar-refractivity contribution is 1.23. The summed E-state index contributed by atoms with van der Waals surface area (Å²) in [5.41, 5.74) is 6.07. The molecule has 4 aromatic carbocycles. The molecule has 0 radical (unpaired) electrons. The summed E-state index contributed by atoms with van der Waals surface area (Å²) in [5, 5.41) is 2.06. The van der Waals surface area contributed by atoms with Gasteiger partial charge in [-0.3, -0.25) is 0 Å². The van der Waals surface area contributed by atoms with Gasteiger partial charge in [0.2, 0.25) is 0 Å². The number of hydrogen-bond acceptors (Lipinski definition) is 4. The van der Waals surface area contributed by atoms with Crippen LogP contribution in [0.25, 0.3) is 54.3 Å². The summed E-state index contributed by atoms with van der Waals surface area (Å²) in [7, 11) is 0.